The lowest BCUT2D eigenvalue weighted by molar-refractivity contribution is 0.612. The number of fused-ring (bicyclic) bond motifs is 1. The summed E-state index contributed by atoms with van der Waals surface area (Å²) in [6.45, 7) is 0. The van der Waals surface area contributed by atoms with Gasteiger partial charge >= 0.3 is 5.69 Å². The molecule has 0 saturated heterocycles. The lowest BCUT2D eigenvalue weighted by atomic mass is 10.0. The maximum Gasteiger partial charge on any atom is 0.323 e. The fourth-order valence-electron chi connectivity index (χ4n) is 2.12. The van der Waals surface area contributed by atoms with Gasteiger partial charge in [-0.2, -0.15) is 0 Å². The highest BCUT2D eigenvalue weighted by atomic mass is 79.9. The van der Waals surface area contributed by atoms with Crippen molar-refractivity contribution in [2.45, 2.75) is 5.38 Å². The second-order valence-electron chi connectivity index (χ2n) is 4.38. The quantitative estimate of drug-likeness (QED) is 0.668. The van der Waals surface area contributed by atoms with Crippen LogP contribution in [0.25, 0.3) is 11.0 Å². The molecule has 0 saturated carbocycles. The van der Waals surface area contributed by atoms with Crippen LogP contribution in [0.2, 0.25) is 0 Å². The predicted molar refractivity (Wildman–Crippen MR) is 80.7 cm³/mol. The summed E-state index contributed by atoms with van der Waals surface area (Å²) in [4.78, 5) is 16.6. The van der Waals surface area contributed by atoms with Crippen LogP contribution in [-0.4, -0.2) is 9.97 Å². The van der Waals surface area contributed by atoms with E-state index in [4.69, 9.17) is 11.6 Å². The van der Waals surface area contributed by atoms with Crippen LogP contribution in [0.4, 0.5) is 4.39 Å². The molecule has 3 aromatic rings. The normalized spacial score (nSPS) is 12.8. The van der Waals surface area contributed by atoms with E-state index in [-0.39, 0.29) is 11.5 Å². The molecule has 1 heterocycles. The molecule has 3 nitrogen and oxygen atoms in total. The van der Waals surface area contributed by atoms with Crippen molar-refractivity contribution in [1.29, 1.82) is 0 Å². The summed E-state index contributed by atoms with van der Waals surface area (Å²) in [6, 6.07) is 9.85. The highest BCUT2D eigenvalue weighted by Crippen LogP contribution is 2.36. The van der Waals surface area contributed by atoms with Gasteiger partial charge in [0.2, 0.25) is 0 Å². The summed E-state index contributed by atoms with van der Waals surface area (Å²) >= 11 is 9.78. The van der Waals surface area contributed by atoms with Crippen LogP contribution in [0.15, 0.2) is 45.7 Å². The van der Waals surface area contributed by atoms with Crippen molar-refractivity contribution in [3.05, 3.63) is 68.3 Å². The monoisotopic (exact) mass is 354 g/mol. The molecule has 0 aliphatic rings. The van der Waals surface area contributed by atoms with Gasteiger partial charge in [-0.15, -0.1) is 11.6 Å². The molecule has 0 amide bonds. The fraction of sp³-hybridized carbons (Fsp3) is 0.0714. The van der Waals surface area contributed by atoms with Crippen molar-refractivity contribution in [2.75, 3.05) is 0 Å². The summed E-state index contributed by atoms with van der Waals surface area (Å²) < 4.78 is 14.5. The summed E-state index contributed by atoms with van der Waals surface area (Å²) in [5, 5.41) is -0.645. The number of imidazole rings is 1. The zero-order valence-electron chi connectivity index (χ0n) is 10.1. The van der Waals surface area contributed by atoms with E-state index in [1.165, 1.54) is 6.07 Å². The summed E-state index contributed by atoms with van der Waals surface area (Å²) in [5.74, 6) is -0.359. The molecule has 2 aromatic carbocycles. The van der Waals surface area contributed by atoms with Gasteiger partial charge in [-0.05, 0) is 23.8 Å². The smallest absolute Gasteiger partial charge is 0.306 e. The molecule has 0 radical (unpaired) electrons. The Morgan fingerprint density at radius 1 is 1.10 bits per heavy atom. The molecule has 0 aliphatic heterocycles. The molecule has 6 heteroatoms. The number of hydrogen-bond donors (Lipinski definition) is 2. The van der Waals surface area contributed by atoms with Crippen LogP contribution < -0.4 is 5.69 Å². The van der Waals surface area contributed by atoms with Crippen molar-refractivity contribution in [1.82, 2.24) is 9.97 Å². The average molecular weight is 356 g/mol. The van der Waals surface area contributed by atoms with Gasteiger partial charge < -0.3 is 9.97 Å². The maximum absolute atomic E-state index is 13.8. The van der Waals surface area contributed by atoms with Gasteiger partial charge in [-0.1, -0.05) is 34.1 Å². The molecular weight excluding hydrogens is 347 g/mol. The Balaban J connectivity index is 2.16. The van der Waals surface area contributed by atoms with Crippen LogP contribution >= 0.6 is 27.5 Å². The Morgan fingerprint density at radius 3 is 2.45 bits per heavy atom. The van der Waals surface area contributed by atoms with E-state index in [2.05, 4.69) is 25.9 Å². The van der Waals surface area contributed by atoms with Crippen LogP contribution in [0, 0.1) is 5.82 Å². The molecule has 0 aliphatic carbocycles. The van der Waals surface area contributed by atoms with E-state index in [1.807, 2.05) is 0 Å². The van der Waals surface area contributed by atoms with Gasteiger partial charge in [0, 0.05) is 10.0 Å². The molecule has 1 unspecified atom stereocenters. The van der Waals surface area contributed by atoms with E-state index < -0.39 is 5.38 Å². The molecule has 2 N–H and O–H groups in total. The van der Waals surface area contributed by atoms with Crippen LogP contribution in [0.3, 0.4) is 0 Å². The molecule has 1 aromatic heterocycles. The highest BCUT2D eigenvalue weighted by molar-refractivity contribution is 9.10. The third-order valence-electron chi connectivity index (χ3n) is 3.08. The van der Waals surface area contributed by atoms with Crippen molar-refractivity contribution in [3.63, 3.8) is 0 Å². The third kappa shape index (κ3) is 2.27. The van der Waals surface area contributed by atoms with Crippen molar-refractivity contribution < 1.29 is 4.39 Å². The Labute approximate surface area is 126 Å². The number of benzene rings is 2. The molecule has 102 valence electrons. The Kier molecular flexibility index (Phi) is 3.40. The molecule has 20 heavy (non-hydrogen) atoms. The molecule has 1 atom stereocenters. The average Bonchev–Trinajstić information content (AvgIpc) is 2.76. The maximum atomic E-state index is 13.8. The number of halogens is 3. The second kappa shape index (κ2) is 5.07. The topological polar surface area (TPSA) is 48.6 Å². The Morgan fingerprint density at radius 2 is 1.75 bits per heavy atom. The van der Waals surface area contributed by atoms with E-state index in [9.17, 15) is 9.18 Å². The number of rotatable bonds is 2. The predicted octanol–water partition coefficient (Wildman–Crippen LogP) is 4.09. The minimum atomic E-state index is -0.645. The van der Waals surface area contributed by atoms with Gasteiger partial charge in [0.15, 0.2) is 0 Å². The lowest BCUT2D eigenvalue weighted by Gasteiger charge is -2.13. The van der Waals surface area contributed by atoms with Gasteiger partial charge in [0.25, 0.3) is 0 Å². The highest BCUT2D eigenvalue weighted by Gasteiger charge is 2.18. The van der Waals surface area contributed by atoms with Crippen molar-refractivity contribution in [2.24, 2.45) is 0 Å². The Bertz CT molecular complexity index is 843. The van der Waals surface area contributed by atoms with Crippen LogP contribution in [-0.2, 0) is 0 Å². The summed E-state index contributed by atoms with van der Waals surface area (Å²) in [5.41, 5.74) is 2.10. The number of nitrogens with one attached hydrogen (secondary N) is 2. The standard InChI is InChI=1S/C14H9BrClFN2O/c15-9-6-12-11(18-14(20)19-12)5-8(9)13(16)7-3-1-2-4-10(7)17/h1-6,13H,(H2,18,19,20). The molecule has 0 bridgehead atoms. The first kappa shape index (κ1) is 13.4. The minimum absolute atomic E-state index is 0.291. The van der Waals surface area contributed by atoms with E-state index in [0.717, 1.165) is 0 Å². The largest absolute Gasteiger partial charge is 0.323 e. The molecule has 0 fully saturated rings. The SMILES string of the molecule is O=c1[nH]c2cc(Br)c(C(Cl)c3ccccc3F)cc2[nH]1. The van der Waals surface area contributed by atoms with Gasteiger partial charge in [-0.3, -0.25) is 0 Å². The minimum Gasteiger partial charge on any atom is -0.306 e. The zero-order chi connectivity index (χ0) is 14.3. The number of aromatic amines is 2. The van der Waals surface area contributed by atoms with Gasteiger partial charge in [0.1, 0.15) is 5.82 Å². The Hall–Kier alpha value is -1.59. The first-order valence-corrected chi connectivity index (χ1v) is 7.09. The van der Waals surface area contributed by atoms with E-state index >= 15 is 0 Å². The summed E-state index contributed by atoms with van der Waals surface area (Å²) in [7, 11) is 0. The van der Waals surface area contributed by atoms with E-state index in [1.54, 1.807) is 30.3 Å². The van der Waals surface area contributed by atoms with Crippen molar-refractivity contribution in [3.8, 4) is 0 Å². The number of hydrogen-bond acceptors (Lipinski definition) is 1. The fourth-order valence-corrected chi connectivity index (χ4v) is 3.18. The molecule has 3 rings (SSSR count). The molecule has 0 spiro atoms. The zero-order valence-corrected chi connectivity index (χ0v) is 12.4. The number of H-pyrrole nitrogens is 2. The van der Waals surface area contributed by atoms with Crippen LogP contribution in [0.5, 0.6) is 0 Å². The van der Waals surface area contributed by atoms with Gasteiger partial charge in [-0.25, -0.2) is 9.18 Å². The van der Waals surface area contributed by atoms with Gasteiger partial charge in [0.05, 0.1) is 16.4 Å². The number of alkyl halides is 1. The second-order valence-corrected chi connectivity index (χ2v) is 5.67. The van der Waals surface area contributed by atoms with E-state index in [0.29, 0.717) is 26.6 Å². The first-order chi connectivity index (χ1) is 9.56. The lowest BCUT2D eigenvalue weighted by Crippen LogP contribution is -1.99. The first-order valence-electron chi connectivity index (χ1n) is 5.86. The van der Waals surface area contributed by atoms with Crippen LogP contribution in [0.1, 0.15) is 16.5 Å². The number of aromatic nitrogens is 2. The van der Waals surface area contributed by atoms with Crippen molar-refractivity contribution >= 4 is 38.6 Å². The molecular formula is C14H9BrClFN2O. The third-order valence-corrected chi connectivity index (χ3v) is 4.24. The summed E-state index contributed by atoms with van der Waals surface area (Å²) in [6.07, 6.45) is 0.